The van der Waals surface area contributed by atoms with Crippen LogP contribution in [0.3, 0.4) is 0 Å². The quantitative estimate of drug-likeness (QED) is 0.595. The summed E-state index contributed by atoms with van der Waals surface area (Å²) in [7, 11) is -3.85. The van der Waals surface area contributed by atoms with Crippen LogP contribution >= 0.6 is 0 Å². The Morgan fingerprint density at radius 1 is 1.25 bits per heavy atom. The van der Waals surface area contributed by atoms with Crippen molar-refractivity contribution in [2.24, 2.45) is 10.3 Å². The Balaban J connectivity index is 3.00. The third kappa shape index (κ3) is 3.29. The third-order valence-corrected chi connectivity index (χ3v) is 3.21. The first kappa shape index (κ1) is 12.6. The lowest BCUT2D eigenvalue weighted by Gasteiger charge is -2.04. The Morgan fingerprint density at radius 2 is 1.81 bits per heavy atom. The van der Waals surface area contributed by atoms with Crippen molar-refractivity contribution >= 4 is 16.1 Å². The molecule has 0 aliphatic carbocycles. The molecule has 0 aliphatic rings. The van der Waals surface area contributed by atoms with E-state index in [2.05, 4.69) is 18.2 Å². The van der Waals surface area contributed by atoms with E-state index in [1.807, 2.05) is 0 Å². The summed E-state index contributed by atoms with van der Waals surface area (Å²) in [4.78, 5) is 9.95. The molecule has 0 amide bonds. The van der Waals surface area contributed by atoms with Crippen molar-refractivity contribution in [3.05, 3.63) is 29.8 Å². The van der Waals surface area contributed by atoms with Gasteiger partial charge in [0.05, 0.1) is 4.90 Å². The van der Waals surface area contributed by atoms with Crippen LogP contribution in [0, 0.1) is 5.92 Å². The van der Waals surface area contributed by atoms with Crippen LogP contribution in [0.4, 0.5) is 0 Å². The molecule has 0 heterocycles. The number of nitrogens with zero attached hydrogens (tertiary/aromatic N) is 1. The fourth-order valence-electron chi connectivity index (χ4n) is 1.37. The van der Waals surface area contributed by atoms with Gasteiger partial charge in [-0.1, -0.05) is 30.4 Å². The van der Waals surface area contributed by atoms with Crippen molar-refractivity contribution in [1.29, 1.82) is 0 Å². The van der Waals surface area contributed by atoms with Gasteiger partial charge in [-0.25, -0.2) is 4.79 Å². The molecule has 0 unspecified atom stereocenters. The van der Waals surface area contributed by atoms with E-state index >= 15 is 0 Å². The van der Waals surface area contributed by atoms with Crippen molar-refractivity contribution in [1.82, 2.24) is 0 Å². The molecule has 1 aromatic carbocycles. The van der Waals surface area contributed by atoms with Gasteiger partial charge < -0.3 is 0 Å². The summed E-state index contributed by atoms with van der Waals surface area (Å²) < 4.78 is 25.5. The van der Waals surface area contributed by atoms with Crippen LogP contribution in [-0.2, 0) is 21.2 Å². The maximum atomic E-state index is 11.3. The molecule has 86 valence electrons. The van der Waals surface area contributed by atoms with Gasteiger partial charge in [0.15, 0.2) is 0 Å². The number of hydrogen-bond donors (Lipinski definition) is 0. The summed E-state index contributed by atoms with van der Waals surface area (Å²) in [5.41, 5.74) is 1.06. The molecule has 0 bridgehead atoms. The zero-order valence-corrected chi connectivity index (χ0v) is 9.99. The fraction of sp³-hybridized carbons (Fsp3) is 0.364. The van der Waals surface area contributed by atoms with Crippen molar-refractivity contribution in [3.63, 3.8) is 0 Å². The largest absolute Gasteiger partial charge is 0.292 e. The molecular formula is C11H13NO3S. The first-order chi connectivity index (χ1) is 7.45. The van der Waals surface area contributed by atoms with E-state index in [4.69, 9.17) is 0 Å². The number of sulfonamides is 1. The lowest BCUT2D eigenvalue weighted by Crippen LogP contribution is -1.98. The molecule has 1 rings (SSSR count). The van der Waals surface area contributed by atoms with E-state index in [1.54, 1.807) is 12.1 Å². The Morgan fingerprint density at radius 3 is 2.25 bits per heavy atom. The molecule has 0 saturated carbocycles. The molecule has 0 fully saturated rings. The average Bonchev–Trinajstić information content (AvgIpc) is 2.17. The smallest absolute Gasteiger partial charge is 0.210 e. The second-order valence-electron chi connectivity index (χ2n) is 3.90. The number of carbonyl (C=O) groups excluding carboxylic acids is 1. The van der Waals surface area contributed by atoms with Gasteiger partial charge in [0, 0.05) is 0 Å². The lowest BCUT2D eigenvalue weighted by atomic mass is 10.0. The molecule has 1 aromatic rings. The summed E-state index contributed by atoms with van der Waals surface area (Å²) in [6.07, 6.45) is 1.93. The van der Waals surface area contributed by atoms with Gasteiger partial charge in [-0.05, 0) is 30.0 Å². The maximum absolute atomic E-state index is 11.3. The molecule has 16 heavy (non-hydrogen) atoms. The van der Waals surface area contributed by atoms with Crippen molar-refractivity contribution < 1.29 is 13.2 Å². The fourth-order valence-corrected chi connectivity index (χ4v) is 2.05. The molecule has 0 N–H and O–H groups in total. The third-order valence-electron chi connectivity index (χ3n) is 2.02. The van der Waals surface area contributed by atoms with Crippen LogP contribution in [0.15, 0.2) is 33.6 Å². The summed E-state index contributed by atoms with van der Waals surface area (Å²) in [6, 6.07) is 6.36. The van der Waals surface area contributed by atoms with Crippen molar-refractivity contribution in [3.8, 4) is 0 Å². The summed E-state index contributed by atoms with van der Waals surface area (Å²) in [6.45, 7) is 4.17. The molecule has 0 atom stereocenters. The van der Waals surface area contributed by atoms with Crippen molar-refractivity contribution in [2.45, 2.75) is 25.2 Å². The highest BCUT2D eigenvalue weighted by Gasteiger charge is 2.11. The highest BCUT2D eigenvalue weighted by molar-refractivity contribution is 7.90. The maximum Gasteiger partial charge on any atom is 0.292 e. The minimum Gasteiger partial charge on any atom is -0.210 e. The second-order valence-corrected chi connectivity index (χ2v) is 5.50. The molecule has 5 heteroatoms. The SMILES string of the molecule is CC(C)Cc1ccc(S(=O)(=O)N=C=O)cc1. The predicted molar refractivity (Wildman–Crippen MR) is 60.3 cm³/mol. The molecule has 4 nitrogen and oxygen atoms in total. The second kappa shape index (κ2) is 5.05. The molecule has 0 aromatic heterocycles. The van der Waals surface area contributed by atoms with Gasteiger partial charge in [0.2, 0.25) is 0 Å². The van der Waals surface area contributed by atoms with E-state index in [9.17, 15) is 13.2 Å². The minimum atomic E-state index is -3.85. The summed E-state index contributed by atoms with van der Waals surface area (Å²) in [5.74, 6) is 0.510. The summed E-state index contributed by atoms with van der Waals surface area (Å²) in [5, 5.41) is 0. The van der Waals surface area contributed by atoms with E-state index in [-0.39, 0.29) is 4.90 Å². The van der Waals surface area contributed by atoms with Crippen molar-refractivity contribution in [2.75, 3.05) is 0 Å². The van der Waals surface area contributed by atoms with Gasteiger partial charge >= 0.3 is 0 Å². The molecule has 0 radical (unpaired) electrons. The number of isocyanates is 1. The van der Waals surface area contributed by atoms with E-state index in [1.165, 1.54) is 12.1 Å². The first-order valence-electron chi connectivity index (χ1n) is 4.89. The average molecular weight is 239 g/mol. The van der Waals surface area contributed by atoms with Crippen LogP contribution in [0.1, 0.15) is 19.4 Å². The Hall–Kier alpha value is -1.45. The lowest BCUT2D eigenvalue weighted by molar-refractivity contribution is 0.563. The molecule has 0 spiro atoms. The van der Waals surface area contributed by atoms with Gasteiger partial charge in [0.1, 0.15) is 0 Å². The normalized spacial score (nSPS) is 11.2. The van der Waals surface area contributed by atoms with Gasteiger partial charge in [0.25, 0.3) is 16.1 Å². The molecule has 0 aliphatic heterocycles. The zero-order valence-electron chi connectivity index (χ0n) is 9.17. The van der Waals surface area contributed by atoms with Gasteiger partial charge in [-0.15, -0.1) is 0 Å². The van der Waals surface area contributed by atoms with E-state index in [0.29, 0.717) is 5.92 Å². The number of hydrogen-bond acceptors (Lipinski definition) is 3. The first-order valence-corrected chi connectivity index (χ1v) is 6.33. The predicted octanol–water partition coefficient (Wildman–Crippen LogP) is 1.91. The Bertz CT molecular complexity index is 497. The monoisotopic (exact) mass is 239 g/mol. The standard InChI is InChI=1S/C11H13NO3S/c1-9(2)7-10-3-5-11(6-4-10)16(14,15)12-8-13/h3-6,9H,7H2,1-2H3. The van der Waals surface area contributed by atoms with Gasteiger partial charge in [-0.3, -0.25) is 0 Å². The number of benzene rings is 1. The topological polar surface area (TPSA) is 63.6 Å². The minimum absolute atomic E-state index is 0.0170. The van der Waals surface area contributed by atoms with Crippen LogP contribution in [-0.4, -0.2) is 14.5 Å². The van der Waals surface area contributed by atoms with Crippen LogP contribution in [0.5, 0.6) is 0 Å². The Kier molecular flexibility index (Phi) is 3.99. The Labute approximate surface area is 95.1 Å². The molecule has 0 saturated heterocycles. The number of rotatable bonds is 4. The van der Waals surface area contributed by atoms with Gasteiger partial charge in [-0.2, -0.15) is 8.42 Å². The summed E-state index contributed by atoms with van der Waals surface area (Å²) >= 11 is 0. The highest BCUT2D eigenvalue weighted by Crippen LogP contribution is 2.15. The van der Waals surface area contributed by atoms with E-state index in [0.717, 1.165) is 18.1 Å². The zero-order chi connectivity index (χ0) is 12.2. The van der Waals surface area contributed by atoms with Crippen LogP contribution in [0.25, 0.3) is 0 Å². The van der Waals surface area contributed by atoms with Crippen LogP contribution in [0.2, 0.25) is 0 Å². The highest BCUT2D eigenvalue weighted by atomic mass is 32.2. The van der Waals surface area contributed by atoms with E-state index < -0.39 is 10.0 Å². The molecular weight excluding hydrogens is 226 g/mol. The van der Waals surface area contributed by atoms with Crippen LogP contribution < -0.4 is 0 Å².